The maximum Gasteiger partial charge on any atom is 0.387 e. The van der Waals surface area contributed by atoms with E-state index in [9.17, 15) is 13.6 Å². The van der Waals surface area contributed by atoms with Crippen molar-refractivity contribution in [2.24, 2.45) is 0 Å². The van der Waals surface area contributed by atoms with Crippen molar-refractivity contribution in [3.63, 3.8) is 0 Å². The third-order valence-corrected chi connectivity index (χ3v) is 3.30. The van der Waals surface area contributed by atoms with E-state index in [-0.39, 0.29) is 17.3 Å². The summed E-state index contributed by atoms with van der Waals surface area (Å²) in [7, 11) is 1.32. The molecule has 0 saturated heterocycles. The zero-order valence-electron chi connectivity index (χ0n) is 13.9. The Morgan fingerprint density at radius 2 is 1.88 bits per heavy atom. The largest absolute Gasteiger partial charge is 0.493 e. The summed E-state index contributed by atoms with van der Waals surface area (Å²) in [6.07, 6.45) is 3.03. The quantitative estimate of drug-likeness (QED) is 0.517. The van der Waals surface area contributed by atoms with Crippen molar-refractivity contribution in [1.82, 2.24) is 0 Å². The highest BCUT2D eigenvalue weighted by molar-refractivity contribution is 6.07. The standard InChI is InChI=1S/C19H18F2O4/c1-3-24-16-7-5-4-6-13(16)8-10-15(22)14-9-11-17(25-19(20)21)18(12-14)23-2/h4-12,19H,3H2,1-2H3/b10-8+. The average Bonchev–Trinajstić information content (AvgIpc) is 2.61. The summed E-state index contributed by atoms with van der Waals surface area (Å²) in [5.74, 6) is 0.314. The smallest absolute Gasteiger partial charge is 0.387 e. The van der Waals surface area contributed by atoms with Crippen LogP contribution in [0, 0.1) is 0 Å². The predicted molar refractivity (Wildman–Crippen MR) is 90.6 cm³/mol. The molecule has 4 nitrogen and oxygen atoms in total. The molecule has 0 aliphatic carbocycles. The third-order valence-electron chi connectivity index (χ3n) is 3.30. The van der Waals surface area contributed by atoms with E-state index in [0.717, 1.165) is 5.56 Å². The zero-order chi connectivity index (χ0) is 18.2. The highest BCUT2D eigenvalue weighted by atomic mass is 19.3. The monoisotopic (exact) mass is 348 g/mol. The molecule has 0 aliphatic heterocycles. The number of hydrogen-bond donors (Lipinski definition) is 0. The number of para-hydroxylation sites is 1. The predicted octanol–water partition coefficient (Wildman–Crippen LogP) is 4.59. The fourth-order valence-corrected chi connectivity index (χ4v) is 2.18. The van der Waals surface area contributed by atoms with Gasteiger partial charge in [0.1, 0.15) is 5.75 Å². The van der Waals surface area contributed by atoms with E-state index in [1.165, 1.54) is 31.4 Å². The fourth-order valence-electron chi connectivity index (χ4n) is 2.18. The van der Waals surface area contributed by atoms with Crippen molar-refractivity contribution in [3.8, 4) is 17.2 Å². The maximum absolute atomic E-state index is 12.3. The van der Waals surface area contributed by atoms with Crippen molar-refractivity contribution in [2.45, 2.75) is 13.5 Å². The summed E-state index contributed by atoms with van der Waals surface area (Å²) in [5, 5.41) is 0. The molecule has 0 N–H and O–H groups in total. The molecule has 0 aliphatic rings. The number of halogens is 2. The van der Waals surface area contributed by atoms with Crippen molar-refractivity contribution < 1.29 is 27.8 Å². The molecule has 0 unspecified atom stereocenters. The number of rotatable bonds is 8. The van der Waals surface area contributed by atoms with E-state index in [1.54, 1.807) is 6.08 Å². The van der Waals surface area contributed by atoms with Crippen LogP contribution in [0.4, 0.5) is 8.78 Å². The molecule has 0 saturated carbocycles. The van der Waals surface area contributed by atoms with Gasteiger partial charge in [-0.15, -0.1) is 0 Å². The number of methoxy groups -OCH3 is 1. The average molecular weight is 348 g/mol. The van der Waals surface area contributed by atoms with E-state index >= 15 is 0 Å². The Labute approximate surface area is 144 Å². The van der Waals surface area contributed by atoms with Crippen molar-refractivity contribution in [2.75, 3.05) is 13.7 Å². The maximum atomic E-state index is 12.3. The Balaban J connectivity index is 2.21. The Kier molecular flexibility index (Phi) is 6.51. The molecule has 2 rings (SSSR count). The van der Waals surface area contributed by atoms with Gasteiger partial charge >= 0.3 is 6.61 Å². The molecule has 2 aromatic rings. The molecular weight excluding hydrogens is 330 g/mol. The van der Waals surface area contributed by atoms with Crippen LogP contribution in [-0.2, 0) is 0 Å². The van der Waals surface area contributed by atoms with Gasteiger partial charge in [0, 0.05) is 11.1 Å². The van der Waals surface area contributed by atoms with Crippen LogP contribution >= 0.6 is 0 Å². The van der Waals surface area contributed by atoms with Crippen LogP contribution in [0.25, 0.3) is 6.08 Å². The van der Waals surface area contributed by atoms with E-state index in [2.05, 4.69) is 4.74 Å². The van der Waals surface area contributed by atoms with Crippen LogP contribution in [0.5, 0.6) is 17.2 Å². The summed E-state index contributed by atoms with van der Waals surface area (Å²) in [6, 6.07) is 11.4. The molecule has 0 fully saturated rings. The second kappa shape index (κ2) is 8.82. The van der Waals surface area contributed by atoms with Crippen LogP contribution in [0.1, 0.15) is 22.8 Å². The van der Waals surface area contributed by atoms with Crippen LogP contribution in [-0.4, -0.2) is 26.1 Å². The summed E-state index contributed by atoms with van der Waals surface area (Å²) in [5.41, 5.74) is 1.06. The van der Waals surface area contributed by atoms with Gasteiger partial charge in [-0.2, -0.15) is 8.78 Å². The molecule has 0 bridgehead atoms. The molecule has 0 spiro atoms. The molecule has 2 aromatic carbocycles. The summed E-state index contributed by atoms with van der Waals surface area (Å²) in [6.45, 7) is -0.576. The Morgan fingerprint density at radius 1 is 1.12 bits per heavy atom. The minimum Gasteiger partial charge on any atom is -0.493 e. The highest BCUT2D eigenvalue weighted by Crippen LogP contribution is 2.30. The lowest BCUT2D eigenvalue weighted by Gasteiger charge is -2.10. The van der Waals surface area contributed by atoms with Crippen LogP contribution in [0.2, 0.25) is 0 Å². The number of allylic oxidation sites excluding steroid dienone is 1. The van der Waals surface area contributed by atoms with E-state index in [0.29, 0.717) is 17.9 Å². The first kappa shape index (κ1) is 18.4. The highest BCUT2D eigenvalue weighted by Gasteiger charge is 2.13. The molecule has 0 aromatic heterocycles. The molecule has 132 valence electrons. The molecule has 0 atom stereocenters. The van der Waals surface area contributed by atoms with Gasteiger partial charge in [-0.05, 0) is 43.3 Å². The molecule has 0 radical (unpaired) electrons. The Bertz CT molecular complexity index is 757. The molecule has 0 amide bonds. The first-order valence-electron chi connectivity index (χ1n) is 7.62. The number of ether oxygens (including phenoxy) is 3. The normalized spacial score (nSPS) is 10.9. The van der Waals surface area contributed by atoms with Gasteiger partial charge in [0.15, 0.2) is 17.3 Å². The fraction of sp³-hybridized carbons (Fsp3) is 0.211. The van der Waals surface area contributed by atoms with Gasteiger partial charge in [-0.25, -0.2) is 0 Å². The number of hydrogen-bond acceptors (Lipinski definition) is 4. The summed E-state index contributed by atoms with van der Waals surface area (Å²) >= 11 is 0. The molecule has 0 heterocycles. The van der Waals surface area contributed by atoms with Crippen molar-refractivity contribution in [3.05, 3.63) is 59.7 Å². The number of carbonyl (C=O) groups is 1. The van der Waals surface area contributed by atoms with Gasteiger partial charge in [-0.3, -0.25) is 4.79 Å². The second-order valence-electron chi connectivity index (χ2n) is 4.91. The molecule has 6 heteroatoms. The number of alkyl halides is 2. The lowest BCUT2D eigenvalue weighted by atomic mass is 10.1. The SMILES string of the molecule is CCOc1ccccc1/C=C/C(=O)c1ccc(OC(F)F)c(OC)c1. The van der Waals surface area contributed by atoms with Gasteiger partial charge in [0.05, 0.1) is 13.7 Å². The van der Waals surface area contributed by atoms with Crippen LogP contribution in [0.3, 0.4) is 0 Å². The number of benzene rings is 2. The summed E-state index contributed by atoms with van der Waals surface area (Å²) < 4.78 is 39.5. The zero-order valence-corrected chi connectivity index (χ0v) is 13.9. The van der Waals surface area contributed by atoms with Crippen molar-refractivity contribution in [1.29, 1.82) is 0 Å². The van der Waals surface area contributed by atoms with E-state index in [1.807, 2.05) is 31.2 Å². The van der Waals surface area contributed by atoms with Crippen molar-refractivity contribution >= 4 is 11.9 Å². The van der Waals surface area contributed by atoms with Crippen LogP contribution < -0.4 is 14.2 Å². The lowest BCUT2D eigenvalue weighted by molar-refractivity contribution is -0.0512. The Hall–Kier alpha value is -2.89. The lowest BCUT2D eigenvalue weighted by Crippen LogP contribution is -2.04. The van der Waals surface area contributed by atoms with E-state index < -0.39 is 6.61 Å². The number of ketones is 1. The van der Waals surface area contributed by atoms with E-state index in [4.69, 9.17) is 9.47 Å². The van der Waals surface area contributed by atoms with Crippen LogP contribution in [0.15, 0.2) is 48.5 Å². The minimum atomic E-state index is -2.97. The minimum absolute atomic E-state index is 0.0641. The van der Waals surface area contributed by atoms with Gasteiger partial charge in [-0.1, -0.05) is 18.2 Å². The topological polar surface area (TPSA) is 44.8 Å². The summed E-state index contributed by atoms with van der Waals surface area (Å²) in [4.78, 5) is 12.3. The van der Waals surface area contributed by atoms with Gasteiger partial charge < -0.3 is 14.2 Å². The number of carbonyl (C=O) groups excluding carboxylic acids is 1. The van der Waals surface area contributed by atoms with Gasteiger partial charge in [0.2, 0.25) is 0 Å². The molecule has 25 heavy (non-hydrogen) atoms. The second-order valence-corrected chi connectivity index (χ2v) is 4.91. The molecular formula is C19H18F2O4. The van der Waals surface area contributed by atoms with Gasteiger partial charge in [0.25, 0.3) is 0 Å². The Morgan fingerprint density at radius 3 is 2.56 bits per heavy atom. The first-order valence-corrected chi connectivity index (χ1v) is 7.62. The third kappa shape index (κ3) is 5.04. The first-order chi connectivity index (χ1) is 12.0.